The molecule has 1 aliphatic heterocycles. The Morgan fingerprint density at radius 1 is 1.10 bits per heavy atom. The van der Waals surface area contributed by atoms with Crippen LogP contribution < -0.4 is 5.73 Å². The Hall–Kier alpha value is -1.65. The molecule has 1 fully saturated rings. The van der Waals surface area contributed by atoms with Crippen LogP contribution in [-0.4, -0.2) is 42.4 Å². The number of likely N-dealkylation sites (tertiary alicyclic amines) is 1. The summed E-state index contributed by atoms with van der Waals surface area (Å²) < 4.78 is 76.2. The molecule has 0 spiro atoms. The number of halogens is 6. The van der Waals surface area contributed by atoms with Crippen molar-refractivity contribution in [2.45, 2.75) is 25.2 Å². The number of piperidine rings is 1. The van der Waals surface area contributed by atoms with E-state index in [2.05, 4.69) is 6.58 Å². The maximum absolute atomic E-state index is 12.7. The molecule has 162 valence electrons. The molecule has 1 saturated heterocycles. The summed E-state index contributed by atoms with van der Waals surface area (Å²) >= 11 is 1.03. The van der Waals surface area contributed by atoms with Crippen molar-refractivity contribution in [3.63, 3.8) is 0 Å². The number of rotatable bonds is 6. The maximum atomic E-state index is 12.7. The molecule has 3 N–H and O–H groups in total. The van der Waals surface area contributed by atoms with Gasteiger partial charge in [0, 0.05) is 22.1 Å². The zero-order valence-electron chi connectivity index (χ0n) is 15.5. The van der Waals surface area contributed by atoms with E-state index in [4.69, 9.17) is 5.73 Å². The molecule has 2 rings (SSSR count). The van der Waals surface area contributed by atoms with Crippen LogP contribution in [0.1, 0.15) is 24.0 Å². The highest BCUT2D eigenvalue weighted by molar-refractivity contribution is 8.11. The zero-order valence-corrected chi connectivity index (χ0v) is 16.3. The Morgan fingerprint density at radius 3 is 2.10 bits per heavy atom. The molecular formula is C19H22F6N2OS. The van der Waals surface area contributed by atoms with E-state index in [1.165, 1.54) is 12.1 Å². The van der Waals surface area contributed by atoms with Crippen LogP contribution in [0.3, 0.4) is 0 Å². The van der Waals surface area contributed by atoms with E-state index < -0.39 is 30.4 Å². The smallest absolute Gasteiger partial charge is 0.400 e. The van der Waals surface area contributed by atoms with Gasteiger partial charge in [-0.1, -0.05) is 30.5 Å². The fraction of sp³-hybridized carbons (Fsp3) is 0.474. The summed E-state index contributed by atoms with van der Waals surface area (Å²) in [6.07, 6.45) is -8.64. The number of hydrogen-bond acceptors (Lipinski definition) is 4. The highest BCUT2D eigenvalue weighted by Crippen LogP contribution is 2.36. The molecule has 0 aliphatic carbocycles. The lowest BCUT2D eigenvalue weighted by molar-refractivity contribution is -0.184. The largest absolute Gasteiger partial charge is 0.416 e. The number of aliphatic hydroxyl groups is 1. The van der Waals surface area contributed by atoms with E-state index in [0.717, 1.165) is 23.9 Å². The molecule has 0 amide bonds. The molecule has 1 aliphatic rings. The highest BCUT2D eigenvalue weighted by atomic mass is 32.2. The zero-order chi connectivity index (χ0) is 21.8. The van der Waals surface area contributed by atoms with Gasteiger partial charge in [0.25, 0.3) is 0 Å². The first-order valence-electron chi connectivity index (χ1n) is 8.83. The fourth-order valence-corrected chi connectivity index (χ4v) is 3.81. The van der Waals surface area contributed by atoms with Crippen LogP contribution in [0.2, 0.25) is 0 Å². The molecule has 0 bridgehead atoms. The predicted octanol–water partition coefficient (Wildman–Crippen LogP) is 4.85. The van der Waals surface area contributed by atoms with Crippen LogP contribution in [0.4, 0.5) is 26.3 Å². The minimum atomic E-state index is -4.44. The Kier molecular flexibility index (Phi) is 7.69. The van der Waals surface area contributed by atoms with Crippen LogP contribution in [0.5, 0.6) is 0 Å². The first-order chi connectivity index (χ1) is 13.4. The molecule has 1 heterocycles. The number of aliphatic hydroxyl groups excluding tert-OH is 1. The number of alkyl halides is 6. The summed E-state index contributed by atoms with van der Waals surface area (Å²) in [5, 5.41) is 9.61. The second kappa shape index (κ2) is 9.44. The third-order valence-corrected chi connectivity index (χ3v) is 5.85. The van der Waals surface area contributed by atoms with Crippen molar-refractivity contribution in [1.29, 1.82) is 0 Å². The summed E-state index contributed by atoms with van der Waals surface area (Å²) in [5.74, 6) is -1.31. The molecule has 3 nitrogen and oxygen atoms in total. The van der Waals surface area contributed by atoms with Gasteiger partial charge in [-0.25, -0.2) is 0 Å². The summed E-state index contributed by atoms with van der Waals surface area (Å²) in [4.78, 5) is 2.56. The van der Waals surface area contributed by atoms with Crippen molar-refractivity contribution >= 4 is 16.7 Å². The molecule has 0 radical (unpaired) electrons. The number of benzene rings is 1. The number of nitrogens with zero attached hydrogens (tertiary/aromatic N) is 1. The molecule has 0 saturated carbocycles. The van der Waals surface area contributed by atoms with E-state index in [1.54, 1.807) is 4.90 Å². The van der Waals surface area contributed by atoms with Gasteiger partial charge >= 0.3 is 12.4 Å². The third-order valence-electron chi connectivity index (χ3n) is 4.73. The monoisotopic (exact) mass is 440 g/mol. The molecular weight excluding hydrogens is 418 g/mol. The molecule has 29 heavy (non-hydrogen) atoms. The summed E-state index contributed by atoms with van der Waals surface area (Å²) in [6.45, 7) is 4.10. The van der Waals surface area contributed by atoms with Gasteiger partial charge in [-0.15, -0.1) is 0 Å². The number of hydrogen-bond donors (Lipinski definition) is 2. The highest BCUT2D eigenvalue weighted by Gasteiger charge is 2.41. The molecule has 0 aromatic heterocycles. The van der Waals surface area contributed by atoms with Crippen LogP contribution >= 0.6 is 11.8 Å². The van der Waals surface area contributed by atoms with Crippen molar-refractivity contribution in [1.82, 2.24) is 4.90 Å². The number of nitrogens with two attached hydrogens (primary N) is 1. The van der Waals surface area contributed by atoms with Gasteiger partial charge in [0.2, 0.25) is 0 Å². The summed E-state index contributed by atoms with van der Waals surface area (Å²) in [7, 11) is 0. The van der Waals surface area contributed by atoms with Gasteiger partial charge in [-0.2, -0.15) is 26.3 Å². The van der Waals surface area contributed by atoms with Gasteiger partial charge in [-0.3, -0.25) is 4.90 Å². The SMILES string of the molecule is C=C(S/C(CO)=C(\N)CN1CCC(C(F)(F)F)CC1)c1ccc(C(F)(F)F)cc1. The van der Waals surface area contributed by atoms with Gasteiger partial charge in [0.15, 0.2) is 0 Å². The first-order valence-corrected chi connectivity index (χ1v) is 9.65. The van der Waals surface area contributed by atoms with Crippen molar-refractivity contribution in [3.8, 4) is 0 Å². The molecule has 10 heteroatoms. The van der Waals surface area contributed by atoms with Crippen LogP contribution in [0.15, 0.2) is 41.4 Å². The van der Waals surface area contributed by atoms with Crippen LogP contribution in [0.25, 0.3) is 4.91 Å². The topological polar surface area (TPSA) is 49.5 Å². The molecule has 1 aromatic carbocycles. The summed E-state index contributed by atoms with van der Waals surface area (Å²) in [6, 6.07) is 4.45. The van der Waals surface area contributed by atoms with Crippen molar-refractivity contribution < 1.29 is 31.4 Å². The van der Waals surface area contributed by atoms with Gasteiger partial charge < -0.3 is 10.8 Å². The quantitative estimate of drug-likeness (QED) is 0.622. The molecule has 1 aromatic rings. The molecule has 0 atom stereocenters. The average molecular weight is 440 g/mol. The lowest BCUT2D eigenvalue weighted by atomic mass is 9.96. The van der Waals surface area contributed by atoms with E-state index >= 15 is 0 Å². The van der Waals surface area contributed by atoms with Crippen LogP contribution in [-0.2, 0) is 6.18 Å². The lowest BCUT2D eigenvalue weighted by Crippen LogP contribution is -2.40. The van der Waals surface area contributed by atoms with Crippen molar-refractivity contribution in [2.24, 2.45) is 11.7 Å². The second-order valence-corrected chi connectivity index (χ2v) is 7.99. The second-order valence-electron chi connectivity index (χ2n) is 6.80. The van der Waals surface area contributed by atoms with E-state index in [0.29, 0.717) is 21.1 Å². The third kappa shape index (κ3) is 6.68. The standard InChI is InChI=1S/C19H22F6N2OS/c1-12(13-2-4-14(5-3-13)18(20,21)22)29-17(11-28)16(26)10-27-8-6-15(7-9-27)19(23,24)25/h2-5,15,28H,1,6-11,26H2/b17-16-. The van der Waals surface area contributed by atoms with Gasteiger partial charge in [0.1, 0.15) is 0 Å². The Bertz CT molecular complexity index is 735. The lowest BCUT2D eigenvalue weighted by Gasteiger charge is -2.33. The Morgan fingerprint density at radius 2 is 1.66 bits per heavy atom. The minimum Gasteiger partial charge on any atom is -0.400 e. The Balaban J connectivity index is 1.99. The number of thioether (sulfide) groups is 1. The maximum Gasteiger partial charge on any atom is 0.416 e. The molecule has 0 unspecified atom stereocenters. The van der Waals surface area contributed by atoms with E-state index in [1.807, 2.05) is 0 Å². The van der Waals surface area contributed by atoms with Gasteiger partial charge in [0.05, 0.1) is 18.1 Å². The predicted molar refractivity (Wildman–Crippen MR) is 102 cm³/mol. The Labute approximate surface area is 169 Å². The van der Waals surface area contributed by atoms with Gasteiger partial charge in [-0.05, 0) is 43.6 Å². The minimum absolute atomic E-state index is 0.00333. The average Bonchev–Trinajstić information content (AvgIpc) is 2.65. The van der Waals surface area contributed by atoms with E-state index in [-0.39, 0.29) is 32.5 Å². The fourth-order valence-electron chi connectivity index (χ4n) is 3.00. The van der Waals surface area contributed by atoms with Crippen LogP contribution in [0, 0.1) is 5.92 Å². The first kappa shape index (κ1) is 23.6. The summed E-state index contributed by atoms with van der Waals surface area (Å²) in [5.41, 5.74) is 6.01. The van der Waals surface area contributed by atoms with E-state index in [9.17, 15) is 31.4 Å². The van der Waals surface area contributed by atoms with Crippen molar-refractivity contribution in [3.05, 3.63) is 52.6 Å². The van der Waals surface area contributed by atoms with Crippen molar-refractivity contribution in [2.75, 3.05) is 26.2 Å². The normalized spacial score (nSPS) is 17.9.